The first-order chi connectivity index (χ1) is 17.0. The summed E-state index contributed by atoms with van der Waals surface area (Å²) in [6.07, 6.45) is 9.64. The van der Waals surface area contributed by atoms with Crippen molar-refractivity contribution in [3.63, 3.8) is 0 Å². The lowest BCUT2D eigenvalue weighted by Crippen LogP contribution is -2.29. The van der Waals surface area contributed by atoms with Crippen molar-refractivity contribution in [1.82, 2.24) is 19.1 Å². The van der Waals surface area contributed by atoms with Gasteiger partial charge in [-0.3, -0.25) is 24.1 Å². The second-order valence-corrected chi connectivity index (χ2v) is 8.94. The number of hydrogen-bond acceptors (Lipinski definition) is 7. The average Bonchev–Trinajstić information content (AvgIpc) is 3.17. The van der Waals surface area contributed by atoms with E-state index in [9.17, 15) is 9.70 Å². The number of nitrogens with zero attached hydrogens (tertiary/aromatic N) is 6. The highest BCUT2D eigenvalue weighted by Gasteiger charge is 2.27. The molecule has 4 aromatic rings. The third-order valence-electron chi connectivity index (χ3n) is 6.94. The minimum absolute atomic E-state index is 0.0288. The average molecular weight is 470 g/mol. The van der Waals surface area contributed by atoms with Crippen molar-refractivity contribution in [3.8, 4) is 11.1 Å². The van der Waals surface area contributed by atoms with Gasteiger partial charge < -0.3 is 5.73 Å². The van der Waals surface area contributed by atoms with E-state index < -0.39 is 0 Å². The van der Waals surface area contributed by atoms with Gasteiger partial charge in [-0.15, -0.1) is 0 Å². The maximum Gasteiger partial charge on any atom is 0.329 e. The van der Waals surface area contributed by atoms with Crippen molar-refractivity contribution in [3.05, 3.63) is 70.0 Å². The van der Waals surface area contributed by atoms with Crippen molar-refractivity contribution in [2.75, 3.05) is 7.05 Å². The summed E-state index contributed by atoms with van der Waals surface area (Å²) in [4.78, 5) is 37.5. The summed E-state index contributed by atoms with van der Waals surface area (Å²) in [6, 6.07) is 9.84. The van der Waals surface area contributed by atoms with E-state index >= 15 is 0 Å². The van der Waals surface area contributed by atoms with Gasteiger partial charge in [-0.1, -0.05) is 17.3 Å². The van der Waals surface area contributed by atoms with Crippen LogP contribution < -0.4 is 11.4 Å². The van der Waals surface area contributed by atoms with Crippen LogP contribution in [0.5, 0.6) is 0 Å². The molecule has 0 bridgehead atoms. The Kier molecular flexibility index (Phi) is 5.98. The van der Waals surface area contributed by atoms with Gasteiger partial charge in [0.1, 0.15) is 0 Å². The first-order valence-electron chi connectivity index (χ1n) is 11.7. The molecule has 0 spiro atoms. The number of imidazole rings is 1. The van der Waals surface area contributed by atoms with Gasteiger partial charge in [-0.25, -0.2) is 4.79 Å². The van der Waals surface area contributed by atoms with E-state index in [1.807, 2.05) is 35.0 Å². The van der Waals surface area contributed by atoms with Gasteiger partial charge in [-0.2, -0.15) is 4.91 Å². The van der Waals surface area contributed by atoms with E-state index in [2.05, 4.69) is 26.2 Å². The number of hydrogen-bond donors (Lipinski definition) is 1. The van der Waals surface area contributed by atoms with Gasteiger partial charge in [0.25, 0.3) is 0 Å². The van der Waals surface area contributed by atoms with Crippen LogP contribution in [0.3, 0.4) is 0 Å². The molecule has 3 aromatic heterocycles. The van der Waals surface area contributed by atoms with Crippen molar-refractivity contribution in [2.45, 2.75) is 37.8 Å². The summed E-state index contributed by atoms with van der Waals surface area (Å²) in [5.74, 6) is 0. The molecule has 9 nitrogen and oxygen atoms in total. The van der Waals surface area contributed by atoms with Crippen LogP contribution in [-0.4, -0.2) is 38.4 Å². The van der Waals surface area contributed by atoms with Crippen LogP contribution in [0, 0.1) is 4.91 Å². The largest absolute Gasteiger partial charge is 0.404 e. The molecule has 0 unspecified atom stereocenters. The van der Waals surface area contributed by atoms with Gasteiger partial charge >= 0.3 is 5.69 Å². The maximum atomic E-state index is 13.3. The van der Waals surface area contributed by atoms with Crippen LogP contribution in [0.15, 0.2) is 63.9 Å². The monoisotopic (exact) mass is 469 g/mol. The van der Waals surface area contributed by atoms with Crippen LogP contribution in [0.25, 0.3) is 38.6 Å². The predicted octanol–water partition coefficient (Wildman–Crippen LogP) is 4.20. The number of rotatable bonds is 5. The molecule has 3 heterocycles. The Bertz CT molecular complexity index is 1520. The molecule has 1 aliphatic carbocycles. The third-order valence-corrected chi connectivity index (χ3v) is 6.94. The number of pyridine rings is 2. The third kappa shape index (κ3) is 3.92. The van der Waals surface area contributed by atoms with E-state index in [-0.39, 0.29) is 17.8 Å². The Labute approximate surface area is 202 Å². The lowest BCUT2D eigenvalue weighted by molar-refractivity contribution is 0.323. The van der Waals surface area contributed by atoms with Crippen molar-refractivity contribution in [2.24, 2.45) is 23.0 Å². The highest BCUT2D eigenvalue weighted by Crippen LogP contribution is 2.34. The Balaban J connectivity index is 1.63. The number of aryl methyl sites for hydroxylation is 1. The van der Waals surface area contributed by atoms with Gasteiger partial charge in [-0.05, 0) is 49.4 Å². The number of nitroso groups, excluding NO2 is 1. The quantitative estimate of drug-likeness (QED) is 0.347. The highest BCUT2D eigenvalue weighted by molar-refractivity contribution is 6.09. The standard InChI is InChI=1S/C26H27N7O2/c1-28-13-18(12-27)22-9-4-17(14-29-22)16-3-10-23-21(11-16)25-24(15-30-23)32(2)26(34)33(25)20-7-5-19(31-35)6-8-20/h3-4,9-15,19-20H,5-8,27H2,1-2H3. The summed E-state index contributed by atoms with van der Waals surface area (Å²) in [6.45, 7) is 0. The number of aromatic nitrogens is 4. The normalized spacial score (nSPS) is 19.1. The van der Waals surface area contributed by atoms with Gasteiger partial charge in [0, 0.05) is 55.3 Å². The van der Waals surface area contributed by atoms with Crippen molar-refractivity contribution >= 4 is 33.7 Å². The zero-order chi connectivity index (χ0) is 24.5. The summed E-state index contributed by atoms with van der Waals surface area (Å²) in [5, 5.41) is 4.13. The lowest BCUT2D eigenvalue weighted by atomic mass is 9.91. The molecule has 9 heteroatoms. The number of nitrogens with two attached hydrogens (primary N) is 1. The van der Waals surface area contributed by atoms with E-state index in [4.69, 9.17) is 5.73 Å². The zero-order valence-electron chi connectivity index (χ0n) is 19.8. The molecular weight excluding hydrogens is 442 g/mol. The molecule has 0 atom stereocenters. The molecule has 35 heavy (non-hydrogen) atoms. The summed E-state index contributed by atoms with van der Waals surface area (Å²) in [5.41, 5.74) is 11.5. The molecule has 0 aliphatic heterocycles. The second-order valence-electron chi connectivity index (χ2n) is 8.94. The predicted molar refractivity (Wildman–Crippen MR) is 139 cm³/mol. The molecule has 0 saturated heterocycles. The number of aliphatic imine (C=N–C) groups is 1. The van der Waals surface area contributed by atoms with Crippen molar-refractivity contribution in [1.29, 1.82) is 0 Å². The van der Waals surface area contributed by atoms with Crippen LogP contribution in [0.4, 0.5) is 0 Å². The summed E-state index contributed by atoms with van der Waals surface area (Å²) < 4.78 is 3.55. The highest BCUT2D eigenvalue weighted by atomic mass is 16.3. The Morgan fingerprint density at radius 2 is 1.86 bits per heavy atom. The Morgan fingerprint density at radius 1 is 1.09 bits per heavy atom. The minimum Gasteiger partial charge on any atom is -0.404 e. The van der Waals surface area contributed by atoms with Crippen LogP contribution in [0.1, 0.15) is 37.4 Å². The Hall–Kier alpha value is -4.14. The lowest BCUT2D eigenvalue weighted by Gasteiger charge is -2.26. The molecule has 1 fully saturated rings. The van der Waals surface area contributed by atoms with Crippen LogP contribution in [-0.2, 0) is 7.05 Å². The van der Waals surface area contributed by atoms with Gasteiger partial charge in [0.15, 0.2) is 0 Å². The summed E-state index contributed by atoms with van der Waals surface area (Å²) >= 11 is 0. The fourth-order valence-corrected chi connectivity index (χ4v) is 5.04. The van der Waals surface area contributed by atoms with Gasteiger partial charge in [0.2, 0.25) is 0 Å². The Morgan fingerprint density at radius 3 is 2.51 bits per heavy atom. The fourth-order valence-electron chi connectivity index (χ4n) is 5.04. The first-order valence-corrected chi connectivity index (χ1v) is 11.7. The SMILES string of the molecule is CN=CC(=CN)c1ccc(-c2ccc3ncc4c(c3c2)n(C2CCC(N=O)CC2)c(=O)n4C)cn1. The summed E-state index contributed by atoms with van der Waals surface area (Å²) in [7, 11) is 3.47. The molecule has 1 saturated carbocycles. The van der Waals surface area contributed by atoms with Gasteiger partial charge in [0.05, 0.1) is 34.5 Å². The fraction of sp³-hybridized carbons (Fsp3) is 0.308. The molecule has 0 amide bonds. The minimum atomic E-state index is -0.157. The smallest absolute Gasteiger partial charge is 0.329 e. The molecule has 1 aromatic carbocycles. The second kappa shape index (κ2) is 9.25. The first kappa shape index (κ1) is 22.6. The molecule has 5 rings (SSSR count). The van der Waals surface area contributed by atoms with E-state index in [0.717, 1.165) is 57.2 Å². The van der Waals surface area contributed by atoms with E-state index in [0.29, 0.717) is 12.8 Å². The number of allylic oxidation sites excluding steroid dienone is 1. The van der Waals surface area contributed by atoms with Crippen molar-refractivity contribution < 1.29 is 0 Å². The zero-order valence-corrected chi connectivity index (χ0v) is 19.8. The van der Waals surface area contributed by atoms with Crippen LogP contribution in [0.2, 0.25) is 0 Å². The van der Waals surface area contributed by atoms with Crippen LogP contribution >= 0.6 is 0 Å². The topological polar surface area (TPSA) is 121 Å². The molecule has 178 valence electrons. The molecule has 0 radical (unpaired) electrons. The molecular formula is C26H27N7O2. The van der Waals surface area contributed by atoms with E-state index in [1.54, 1.807) is 31.1 Å². The maximum absolute atomic E-state index is 13.3. The molecule has 1 aliphatic rings. The number of benzene rings is 1. The van der Waals surface area contributed by atoms with E-state index in [1.165, 1.54) is 6.20 Å². The number of fused-ring (bicyclic) bond motifs is 3. The molecule has 2 N–H and O–H groups in total.